The summed E-state index contributed by atoms with van der Waals surface area (Å²) in [5.41, 5.74) is 0. The van der Waals surface area contributed by atoms with Crippen molar-refractivity contribution in [2.45, 2.75) is 7.43 Å². The van der Waals surface area contributed by atoms with Crippen LogP contribution >= 0.6 is 0 Å². The van der Waals surface area contributed by atoms with Crippen LogP contribution in [0.25, 0.3) is 0 Å². The van der Waals surface area contributed by atoms with Gasteiger partial charge in [-0.15, -0.1) is 0 Å². The van der Waals surface area contributed by atoms with E-state index in [0.29, 0.717) is 0 Å². The molecule has 0 atom stereocenters. The molecule has 1 heteroatoms. The van der Waals surface area contributed by atoms with Crippen LogP contribution in [0.5, 0.6) is 0 Å². The first kappa shape index (κ1) is 70.5. The molecule has 0 bridgehead atoms. The van der Waals surface area contributed by atoms with Crippen LogP contribution in [-0.2, 0) is 32.7 Å². The third-order valence-corrected chi connectivity index (χ3v) is 0. The molecule has 0 N–H and O–H groups in total. The minimum atomic E-state index is 0. The topological polar surface area (TPSA) is 0 Å². The van der Waals surface area contributed by atoms with Gasteiger partial charge in [-0.05, 0) is 0 Å². The van der Waals surface area contributed by atoms with E-state index in [0.717, 1.165) is 0 Å². The first-order valence-electron chi connectivity index (χ1n) is 0. The quantitative estimate of drug-likeness (QED) is 0.442. The number of hydrogen-bond donors (Lipinski definition) is 0. The molecule has 0 aromatic carbocycles. The Kier molecular flexibility index (Phi) is 572. The van der Waals surface area contributed by atoms with Gasteiger partial charge in [0.2, 0.25) is 0 Å². The molecular weight excluding hydrogens is 125 g/mol. The molecule has 27 valence electrons. The average molecular weight is 135 g/mol. The van der Waals surface area contributed by atoms with E-state index in [2.05, 4.69) is 0 Å². The van der Waals surface area contributed by atoms with Crippen molar-refractivity contribution in [3.8, 4) is 0 Å². The van der Waals surface area contributed by atoms with Gasteiger partial charge < -0.3 is 14.9 Å². The van der Waals surface area contributed by atoms with Crippen molar-refractivity contribution in [2.75, 3.05) is 0 Å². The van der Waals surface area contributed by atoms with E-state index in [-0.39, 0.29) is 55.0 Å². The van der Waals surface area contributed by atoms with E-state index in [1.807, 2.05) is 0 Å². The minimum Gasteiger partial charge on any atom is -0.358 e. The normalized spacial score (nSPS) is 0. The van der Waals surface area contributed by atoms with Crippen molar-refractivity contribution in [3.63, 3.8) is 0 Å². The van der Waals surface area contributed by atoms with Crippen molar-refractivity contribution in [1.82, 2.24) is 0 Å². The van der Waals surface area contributed by atoms with Gasteiger partial charge in [-0.2, -0.15) is 0 Å². The fraction of sp³-hybridized carbons (Fsp3) is 0.333. The minimum absolute atomic E-state index is 0. The second kappa shape index (κ2) is 32.4. The average Bonchev–Trinajstić information content (AvgIpc) is 0. The Balaban J connectivity index is 0. The van der Waals surface area contributed by atoms with Crippen molar-refractivity contribution in [1.29, 1.82) is 0 Å². The molecule has 0 aliphatic rings. The number of rotatable bonds is 0. The van der Waals surface area contributed by atoms with E-state index in [4.69, 9.17) is 0 Å². The Hall–Kier alpha value is 1.10. The van der Waals surface area contributed by atoms with Gasteiger partial charge in [0.1, 0.15) is 0 Å². The summed E-state index contributed by atoms with van der Waals surface area (Å²) in [5.74, 6) is 0. The molecule has 0 aromatic rings. The third kappa shape index (κ3) is 11.3. The summed E-state index contributed by atoms with van der Waals surface area (Å²) in [4.78, 5) is 0. The largest absolute Gasteiger partial charge is 0.358 e. The third-order valence-electron chi connectivity index (χ3n) is 0. The molecule has 0 amide bonds. The summed E-state index contributed by atoms with van der Waals surface area (Å²) < 4.78 is 0. The Labute approximate surface area is 54.9 Å². The molecule has 0 aromatic heterocycles. The van der Waals surface area contributed by atoms with E-state index < -0.39 is 0 Å². The molecule has 0 heterocycles. The molecule has 0 rings (SSSR count). The smallest absolute Gasteiger partial charge is 0 e. The van der Waals surface area contributed by atoms with Crippen LogP contribution in [0, 0.1) is 14.9 Å². The predicted molar refractivity (Wildman–Crippen MR) is 19.6 cm³/mol. The second-order valence-electron chi connectivity index (χ2n) is 0. The van der Waals surface area contributed by atoms with Crippen molar-refractivity contribution in [3.05, 3.63) is 14.9 Å². The summed E-state index contributed by atoms with van der Waals surface area (Å²) in [7, 11) is 0. The van der Waals surface area contributed by atoms with Crippen molar-refractivity contribution < 1.29 is 32.7 Å². The van der Waals surface area contributed by atoms with Crippen molar-refractivity contribution >= 4 is 0 Å². The fourth-order valence-corrected chi connectivity index (χ4v) is 0. The summed E-state index contributed by atoms with van der Waals surface area (Å²) in [6.45, 7) is 0. The summed E-state index contributed by atoms with van der Waals surface area (Å²) in [5, 5.41) is 0. The SMILES string of the molecule is C.[CH3-].[CH3-].[Y]. The Morgan fingerprint density at radius 3 is 0.750 bits per heavy atom. The van der Waals surface area contributed by atoms with Gasteiger partial charge in [-0.1, -0.05) is 7.43 Å². The van der Waals surface area contributed by atoms with Crippen LogP contribution in [0.4, 0.5) is 0 Å². The molecule has 1 radical (unpaired) electrons. The zero-order valence-corrected chi connectivity index (χ0v) is 5.42. The predicted octanol–water partition coefficient (Wildman–Crippen LogP) is 1.53. The molecule has 0 aliphatic carbocycles. The van der Waals surface area contributed by atoms with Crippen LogP contribution in [0.1, 0.15) is 7.43 Å². The molecule has 0 unspecified atom stereocenters. The van der Waals surface area contributed by atoms with E-state index in [1.165, 1.54) is 0 Å². The van der Waals surface area contributed by atoms with Crippen LogP contribution in [0.15, 0.2) is 0 Å². The van der Waals surface area contributed by atoms with Crippen LogP contribution in [-0.4, -0.2) is 0 Å². The Morgan fingerprint density at radius 2 is 0.750 bits per heavy atom. The fourth-order valence-electron chi connectivity index (χ4n) is 0. The van der Waals surface area contributed by atoms with Gasteiger partial charge in [-0.25, -0.2) is 0 Å². The molecular formula is C3H10Y-2. The first-order chi connectivity index (χ1) is 0. The van der Waals surface area contributed by atoms with E-state index in [9.17, 15) is 0 Å². The molecule has 0 fully saturated rings. The van der Waals surface area contributed by atoms with E-state index >= 15 is 0 Å². The van der Waals surface area contributed by atoms with Crippen LogP contribution in [0.3, 0.4) is 0 Å². The monoisotopic (exact) mass is 135 g/mol. The van der Waals surface area contributed by atoms with Gasteiger partial charge >= 0.3 is 0 Å². The van der Waals surface area contributed by atoms with Gasteiger partial charge in [0, 0.05) is 32.7 Å². The Bertz CT molecular complexity index is 3.25. The maximum Gasteiger partial charge on any atom is 0 e. The van der Waals surface area contributed by atoms with Gasteiger partial charge in [0.25, 0.3) is 0 Å². The Morgan fingerprint density at radius 1 is 0.750 bits per heavy atom. The summed E-state index contributed by atoms with van der Waals surface area (Å²) >= 11 is 0. The summed E-state index contributed by atoms with van der Waals surface area (Å²) in [6, 6.07) is 0. The van der Waals surface area contributed by atoms with Gasteiger partial charge in [0.05, 0.1) is 0 Å². The van der Waals surface area contributed by atoms with Gasteiger partial charge in [0.15, 0.2) is 0 Å². The zero-order valence-electron chi connectivity index (χ0n) is 2.58. The molecule has 4 heavy (non-hydrogen) atoms. The molecule has 0 spiro atoms. The maximum absolute atomic E-state index is 0. The molecule has 0 aliphatic heterocycles. The molecule has 0 nitrogen and oxygen atoms in total. The zero-order chi connectivity index (χ0) is 0. The standard InChI is InChI=1S/CH4.2CH3.Y/h1H4;2*1H3;/q;2*-1;. The summed E-state index contributed by atoms with van der Waals surface area (Å²) in [6.07, 6.45) is 0. The maximum atomic E-state index is 0. The first-order valence-corrected chi connectivity index (χ1v) is 0. The number of hydrogen-bond acceptors (Lipinski definition) is 0. The van der Waals surface area contributed by atoms with Crippen LogP contribution < -0.4 is 0 Å². The van der Waals surface area contributed by atoms with Crippen LogP contribution in [0.2, 0.25) is 0 Å². The second-order valence-corrected chi connectivity index (χ2v) is 0. The van der Waals surface area contributed by atoms with E-state index in [1.54, 1.807) is 0 Å². The molecule has 0 saturated carbocycles. The van der Waals surface area contributed by atoms with Crippen molar-refractivity contribution in [2.24, 2.45) is 0 Å². The molecule has 0 saturated heterocycles. The van der Waals surface area contributed by atoms with Gasteiger partial charge in [-0.3, -0.25) is 0 Å².